The van der Waals surface area contributed by atoms with Crippen LogP contribution in [0.3, 0.4) is 0 Å². The molecule has 0 rings (SSSR count). The summed E-state index contributed by atoms with van der Waals surface area (Å²) in [6, 6.07) is 0. The number of nitrogens with two attached hydrogens (primary N) is 1. The SMILES string of the molecule is C=CCC(F)(F)/C(N)=C/C(=O)OCC. The second kappa shape index (κ2) is 5.36. The highest BCUT2D eigenvalue weighted by Gasteiger charge is 2.31. The van der Waals surface area contributed by atoms with E-state index in [9.17, 15) is 13.6 Å². The molecule has 0 fully saturated rings. The van der Waals surface area contributed by atoms with Gasteiger partial charge in [-0.25, -0.2) is 4.79 Å². The van der Waals surface area contributed by atoms with Crippen molar-refractivity contribution in [2.75, 3.05) is 6.61 Å². The predicted octanol–water partition coefficient (Wildman–Crippen LogP) is 1.60. The van der Waals surface area contributed by atoms with Crippen molar-refractivity contribution in [2.45, 2.75) is 19.3 Å². The number of hydrogen-bond donors (Lipinski definition) is 1. The number of carbonyl (C=O) groups is 1. The molecule has 0 heterocycles. The molecule has 0 saturated heterocycles. The fourth-order valence-corrected chi connectivity index (χ4v) is 0.716. The van der Waals surface area contributed by atoms with Crippen molar-refractivity contribution in [2.24, 2.45) is 5.73 Å². The molecular formula is C9H13F2NO2. The van der Waals surface area contributed by atoms with Gasteiger partial charge < -0.3 is 10.5 Å². The summed E-state index contributed by atoms with van der Waals surface area (Å²) >= 11 is 0. The molecule has 0 aromatic rings. The Balaban J connectivity index is 4.49. The third kappa shape index (κ3) is 4.02. The molecule has 0 aliphatic rings. The van der Waals surface area contributed by atoms with E-state index in [-0.39, 0.29) is 6.61 Å². The van der Waals surface area contributed by atoms with Crippen LogP contribution in [-0.2, 0) is 9.53 Å². The van der Waals surface area contributed by atoms with Gasteiger partial charge in [0, 0.05) is 12.5 Å². The van der Waals surface area contributed by atoms with Crippen molar-refractivity contribution in [3.63, 3.8) is 0 Å². The molecular weight excluding hydrogens is 192 g/mol. The Morgan fingerprint density at radius 2 is 2.21 bits per heavy atom. The molecule has 0 bridgehead atoms. The molecule has 0 atom stereocenters. The first-order chi connectivity index (χ1) is 6.44. The number of esters is 1. The van der Waals surface area contributed by atoms with Crippen molar-refractivity contribution < 1.29 is 18.3 Å². The first-order valence-electron chi connectivity index (χ1n) is 4.07. The molecule has 3 nitrogen and oxygen atoms in total. The minimum Gasteiger partial charge on any atom is -0.463 e. The molecule has 0 aliphatic carbocycles. The molecule has 0 aliphatic heterocycles. The van der Waals surface area contributed by atoms with E-state index in [2.05, 4.69) is 11.3 Å². The van der Waals surface area contributed by atoms with Crippen LogP contribution in [-0.4, -0.2) is 18.5 Å². The summed E-state index contributed by atoms with van der Waals surface area (Å²) in [7, 11) is 0. The first-order valence-corrected chi connectivity index (χ1v) is 4.07. The summed E-state index contributed by atoms with van der Waals surface area (Å²) in [5.41, 5.74) is 4.22. The average molecular weight is 205 g/mol. The Labute approximate surface area is 81.2 Å². The maximum atomic E-state index is 12.9. The number of rotatable bonds is 5. The number of halogens is 2. The van der Waals surface area contributed by atoms with Crippen LogP contribution >= 0.6 is 0 Å². The van der Waals surface area contributed by atoms with E-state index in [0.29, 0.717) is 6.08 Å². The molecule has 0 saturated carbocycles. The highest BCUT2D eigenvalue weighted by Crippen LogP contribution is 2.24. The Kier molecular flexibility index (Phi) is 4.83. The van der Waals surface area contributed by atoms with Crippen molar-refractivity contribution in [1.29, 1.82) is 0 Å². The Morgan fingerprint density at radius 1 is 1.64 bits per heavy atom. The standard InChI is InChI=1S/C9H13F2NO2/c1-3-5-9(10,11)7(12)6-8(13)14-4-2/h3,6H,1,4-5,12H2,2H3/b7-6-. The molecule has 0 aromatic carbocycles. The van der Waals surface area contributed by atoms with Crippen molar-refractivity contribution in [3.05, 3.63) is 24.4 Å². The smallest absolute Gasteiger partial charge is 0.332 e. The largest absolute Gasteiger partial charge is 0.463 e. The van der Waals surface area contributed by atoms with Gasteiger partial charge in [-0.05, 0) is 6.92 Å². The summed E-state index contributed by atoms with van der Waals surface area (Å²) in [4.78, 5) is 10.8. The molecule has 5 heteroatoms. The van der Waals surface area contributed by atoms with Gasteiger partial charge in [0.25, 0.3) is 5.92 Å². The fraction of sp³-hybridized carbons (Fsp3) is 0.444. The average Bonchev–Trinajstić information content (AvgIpc) is 2.04. The molecule has 0 radical (unpaired) electrons. The topological polar surface area (TPSA) is 52.3 Å². The van der Waals surface area contributed by atoms with Crippen LogP contribution in [0.4, 0.5) is 8.78 Å². The van der Waals surface area contributed by atoms with Crippen molar-refractivity contribution in [3.8, 4) is 0 Å². The van der Waals surface area contributed by atoms with Crippen LogP contribution in [0.15, 0.2) is 24.4 Å². The highest BCUT2D eigenvalue weighted by atomic mass is 19.3. The summed E-state index contributed by atoms with van der Waals surface area (Å²) < 4.78 is 30.3. The molecule has 0 spiro atoms. The number of ether oxygens (including phenoxy) is 1. The number of carbonyl (C=O) groups excluding carboxylic acids is 1. The lowest BCUT2D eigenvalue weighted by Crippen LogP contribution is -2.25. The normalized spacial score (nSPS) is 12.4. The molecule has 80 valence electrons. The quantitative estimate of drug-likeness (QED) is 0.421. The zero-order valence-corrected chi connectivity index (χ0v) is 7.93. The van der Waals surface area contributed by atoms with Gasteiger partial charge in [0.05, 0.1) is 12.3 Å². The number of allylic oxidation sites excluding steroid dienone is 2. The molecule has 0 amide bonds. The van der Waals surface area contributed by atoms with Gasteiger partial charge in [-0.3, -0.25) is 0 Å². The van der Waals surface area contributed by atoms with Gasteiger partial charge in [-0.15, -0.1) is 6.58 Å². The predicted molar refractivity (Wildman–Crippen MR) is 48.7 cm³/mol. The Bertz CT molecular complexity index is 249. The van der Waals surface area contributed by atoms with Gasteiger partial charge in [-0.2, -0.15) is 8.78 Å². The Morgan fingerprint density at radius 3 is 2.64 bits per heavy atom. The van der Waals surface area contributed by atoms with E-state index in [1.54, 1.807) is 6.92 Å². The van der Waals surface area contributed by atoms with E-state index in [4.69, 9.17) is 5.73 Å². The molecule has 0 aromatic heterocycles. The summed E-state index contributed by atoms with van der Waals surface area (Å²) in [6.45, 7) is 4.86. The maximum absolute atomic E-state index is 12.9. The van der Waals surface area contributed by atoms with Gasteiger partial charge in [0.2, 0.25) is 0 Å². The van der Waals surface area contributed by atoms with Crippen LogP contribution < -0.4 is 5.73 Å². The van der Waals surface area contributed by atoms with E-state index >= 15 is 0 Å². The lowest BCUT2D eigenvalue weighted by Gasteiger charge is -2.13. The minimum atomic E-state index is -3.24. The second-order valence-electron chi connectivity index (χ2n) is 2.55. The lowest BCUT2D eigenvalue weighted by atomic mass is 10.1. The van der Waals surface area contributed by atoms with Crippen molar-refractivity contribution >= 4 is 5.97 Å². The molecule has 14 heavy (non-hydrogen) atoms. The van der Waals surface area contributed by atoms with E-state index < -0.39 is 24.0 Å². The van der Waals surface area contributed by atoms with Gasteiger partial charge in [0.15, 0.2) is 0 Å². The van der Waals surface area contributed by atoms with Gasteiger partial charge in [0.1, 0.15) is 0 Å². The van der Waals surface area contributed by atoms with E-state index in [0.717, 1.165) is 6.08 Å². The van der Waals surface area contributed by atoms with Crippen molar-refractivity contribution in [1.82, 2.24) is 0 Å². The summed E-state index contributed by atoms with van der Waals surface area (Å²) in [6.07, 6.45) is 1.02. The minimum absolute atomic E-state index is 0.121. The van der Waals surface area contributed by atoms with Gasteiger partial charge in [-0.1, -0.05) is 6.08 Å². The zero-order valence-electron chi connectivity index (χ0n) is 7.93. The van der Waals surface area contributed by atoms with Crippen LogP contribution in [0, 0.1) is 0 Å². The van der Waals surface area contributed by atoms with E-state index in [1.165, 1.54) is 0 Å². The number of hydrogen-bond acceptors (Lipinski definition) is 3. The lowest BCUT2D eigenvalue weighted by molar-refractivity contribution is -0.137. The van der Waals surface area contributed by atoms with Crippen LogP contribution in [0.5, 0.6) is 0 Å². The molecule has 2 N–H and O–H groups in total. The third-order valence-corrected chi connectivity index (χ3v) is 1.38. The Hall–Kier alpha value is -1.39. The summed E-state index contributed by atoms with van der Waals surface area (Å²) in [5, 5.41) is 0. The first kappa shape index (κ1) is 12.6. The highest BCUT2D eigenvalue weighted by molar-refractivity contribution is 5.82. The van der Waals surface area contributed by atoms with Crippen LogP contribution in [0.2, 0.25) is 0 Å². The third-order valence-electron chi connectivity index (χ3n) is 1.38. The monoisotopic (exact) mass is 205 g/mol. The van der Waals surface area contributed by atoms with E-state index in [1.807, 2.05) is 0 Å². The molecule has 0 unspecified atom stereocenters. The van der Waals surface area contributed by atoms with Crippen LogP contribution in [0.25, 0.3) is 0 Å². The number of alkyl halides is 2. The fourth-order valence-electron chi connectivity index (χ4n) is 0.716. The maximum Gasteiger partial charge on any atom is 0.332 e. The van der Waals surface area contributed by atoms with Gasteiger partial charge >= 0.3 is 5.97 Å². The van der Waals surface area contributed by atoms with Crippen LogP contribution in [0.1, 0.15) is 13.3 Å². The zero-order chi connectivity index (χ0) is 11.2. The summed E-state index contributed by atoms with van der Waals surface area (Å²) in [5.74, 6) is -4.11. The second-order valence-corrected chi connectivity index (χ2v) is 2.55.